The van der Waals surface area contributed by atoms with Crippen LogP contribution in [0.4, 0.5) is 4.79 Å². The van der Waals surface area contributed by atoms with Crippen LogP contribution in [0.25, 0.3) is 0 Å². The molecule has 0 saturated carbocycles. The lowest BCUT2D eigenvalue weighted by Gasteiger charge is -2.23. The van der Waals surface area contributed by atoms with E-state index in [4.69, 9.17) is 18.8 Å². The van der Waals surface area contributed by atoms with Gasteiger partial charge in [-0.05, 0) is 6.42 Å². The summed E-state index contributed by atoms with van der Waals surface area (Å²) in [6, 6.07) is -0.361. The van der Waals surface area contributed by atoms with Crippen molar-refractivity contribution in [2.24, 2.45) is 0 Å². The molecule has 0 spiro atoms. The number of hydrogen-bond acceptors (Lipinski definition) is 7. The molecule has 1 saturated heterocycles. The predicted molar refractivity (Wildman–Crippen MR) is 74.3 cm³/mol. The SMILES string of the molecule is C=CCOC(=O)N1C[C@H](OS(C)(=O)=O)C[C@H]1COCCO. The summed E-state index contributed by atoms with van der Waals surface area (Å²) in [7, 11) is -3.60. The molecule has 1 amide bonds. The van der Waals surface area contributed by atoms with E-state index in [9.17, 15) is 13.2 Å². The molecule has 0 radical (unpaired) electrons. The van der Waals surface area contributed by atoms with Gasteiger partial charge in [0.05, 0.1) is 44.8 Å². The lowest BCUT2D eigenvalue weighted by Crippen LogP contribution is -2.39. The first-order valence-electron chi connectivity index (χ1n) is 6.48. The van der Waals surface area contributed by atoms with Crippen LogP contribution in [0.3, 0.4) is 0 Å². The average Bonchev–Trinajstić information content (AvgIpc) is 2.77. The molecule has 1 aliphatic heterocycles. The second kappa shape index (κ2) is 8.32. The Bertz CT molecular complexity index is 451. The summed E-state index contributed by atoms with van der Waals surface area (Å²) < 4.78 is 37.4. The number of nitrogens with zero attached hydrogens (tertiary/aromatic N) is 1. The third-order valence-electron chi connectivity index (χ3n) is 2.79. The Kier molecular flexibility index (Phi) is 7.09. The number of rotatable bonds is 8. The molecule has 1 heterocycles. The van der Waals surface area contributed by atoms with Crippen molar-refractivity contribution >= 4 is 16.2 Å². The van der Waals surface area contributed by atoms with Gasteiger partial charge in [-0.1, -0.05) is 12.7 Å². The summed E-state index contributed by atoms with van der Waals surface area (Å²) in [5, 5.41) is 8.69. The Morgan fingerprint density at radius 1 is 1.52 bits per heavy atom. The summed E-state index contributed by atoms with van der Waals surface area (Å²) in [5.41, 5.74) is 0. The van der Waals surface area contributed by atoms with Gasteiger partial charge in [0.15, 0.2) is 0 Å². The number of carbonyl (C=O) groups is 1. The van der Waals surface area contributed by atoms with E-state index in [0.29, 0.717) is 6.42 Å². The minimum absolute atomic E-state index is 0.0666. The molecule has 1 rings (SSSR count). The maximum Gasteiger partial charge on any atom is 0.410 e. The first-order chi connectivity index (χ1) is 9.87. The highest BCUT2D eigenvalue weighted by molar-refractivity contribution is 7.86. The van der Waals surface area contributed by atoms with Gasteiger partial charge in [0, 0.05) is 0 Å². The van der Waals surface area contributed by atoms with E-state index in [0.717, 1.165) is 6.26 Å². The molecular formula is C12H21NO7S. The maximum absolute atomic E-state index is 11.9. The van der Waals surface area contributed by atoms with Crippen LogP contribution >= 0.6 is 0 Å². The van der Waals surface area contributed by atoms with Crippen molar-refractivity contribution in [3.63, 3.8) is 0 Å². The van der Waals surface area contributed by atoms with E-state index < -0.39 is 22.3 Å². The largest absolute Gasteiger partial charge is 0.445 e. The Morgan fingerprint density at radius 2 is 2.24 bits per heavy atom. The average molecular weight is 323 g/mol. The first-order valence-corrected chi connectivity index (χ1v) is 8.30. The van der Waals surface area contributed by atoms with Crippen molar-refractivity contribution < 1.29 is 32.0 Å². The number of carbonyl (C=O) groups excluding carboxylic acids is 1. The Hall–Kier alpha value is -1.16. The van der Waals surface area contributed by atoms with Crippen molar-refractivity contribution in [2.45, 2.75) is 18.6 Å². The van der Waals surface area contributed by atoms with Crippen LogP contribution in [-0.4, -0.2) is 75.9 Å². The molecular weight excluding hydrogens is 302 g/mol. The Labute approximate surface area is 124 Å². The van der Waals surface area contributed by atoms with Crippen molar-refractivity contribution in [3.8, 4) is 0 Å². The highest BCUT2D eigenvalue weighted by atomic mass is 32.2. The minimum Gasteiger partial charge on any atom is -0.445 e. The summed E-state index contributed by atoms with van der Waals surface area (Å²) in [6.45, 7) is 3.81. The summed E-state index contributed by atoms with van der Waals surface area (Å²) >= 11 is 0. The molecule has 9 heteroatoms. The molecule has 0 aromatic heterocycles. The van der Waals surface area contributed by atoms with E-state index >= 15 is 0 Å². The summed E-state index contributed by atoms with van der Waals surface area (Å²) in [4.78, 5) is 13.3. The summed E-state index contributed by atoms with van der Waals surface area (Å²) in [5.74, 6) is 0. The van der Waals surface area contributed by atoms with E-state index in [1.165, 1.54) is 11.0 Å². The van der Waals surface area contributed by atoms with Gasteiger partial charge in [-0.2, -0.15) is 8.42 Å². The quantitative estimate of drug-likeness (QED) is 0.373. The van der Waals surface area contributed by atoms with Gasteiger partial charge in [0.25, 0.3) is 10.1 Å². The van der Waals surface area contributed by atoms with E-state index in [1.807, 2.05) is 0 Å². The highest BCUT2D eigenvalue weighted by Crippen LogP contribution is 2.23. The molecule has 2 atom stereocenters. The molecule has 122 valence electrons. The zero-order chi connectivity index (χ0) is 15.9. The maximum atomic E-state index is 11.9. The lowest BCUT2D eigenvalue weighted by atomic mass is 10.2. The topological polar surface area (TPSA) is 102 Å². The first kappa shape index (κ1) is 17.9. The van der Waals surface area contributed by atoms with Crippen molar-refractivity contribution in [3.05, 3.63) is 12.7 Å². The smallest absolute Gasteiger partial charge is 0.410 e. The molecule has 0 aromatic carbocycles. The zero-order valence-corrected chi connectivity index (χ0v) is 12.8. The molecule has 8 nitrogen and oxygen atoms in total. The van der Waals surface area contributed by atoms with Crippen LogP contribution in [0.1, 0.15) is 6.42 Å². The Balaban J connectivity index is 2.65. The third kappa shape index (κ3) is 6.42. The number of aliphatic hydroxyl groups excluding tert-OH is 1. The van der Waals surface area contributed by atoms with Crippen molar-refractivity contribution in [1.29, 1.82) is 0 Å². The van der Waals surface area contributed by atoms with Gasteiger partial charge in [0.2, 0.25) is 0 Å². The van der Waals surface area contributed by atoms with Gasteiger partial charge < -0.3 is 19.5 Å². The van der Waals surface area contributed by atoms with Crippen LogP contribution in [0.5, 0.6) is 0 Å². The van der Waals surface area contributed by atoms with Crippen LogP contribution in [0.2, 0.25) is 0 Å². The summed E-state index contributed by atoms with van der Waals surface area (Å²) in [6.07, 6.45) is 1.52. The monoisotopic (exact) mass is 323 g/mol. The van der Waals surface area contributed by atoms with Crippen LogP contribution < -0.4 is 0 Å². The number of ether oxygens (including phenoxy) is 2. The van der Waals surface area contributed by atoms with E-state index in [2.05, 4.69) is 6.58 Å². The van der Waals surface area contributed by atoms with Crippen LogP contribution in [-0.2, 0) is 23.8 Å². The highest BCUT2D eigenvalue weighted by Gasteiger charge is 2.38. The van der Waals surface area contributed by atoms with Crippen LogP contribution in [0.15, 0.2) is 12.7 Å². The van der Waals surface area contributed by atoms with Gasteiger partial charge in [-0.15, -0.1) is 0 Å². The van der Waals surface area contributed by atoms with Crippen molar-refractivity contribution in [2.75, 3.05) is 39.2 Å². The molecule has 21 heavy (non-hydrogen) atoms. The van der Waals surface area contributed by atoms with Gasteiger partial charge >= 0.3 is 6.09 Å². The van der Waals surface area contributed by atoms with E-state index in [-0.39, 0.29) is 39.0 Å². The number of aliphatic hydroxyl groups is 1. The van der Waals surface area contributed by atoms with Gasteiger partial charge in [0.1, 0.15) is 6.61 Å². The minimum atomic E-state index is -3.60. The van der Waals surface area contributed by atoms with Gasteiger partial charge in [-0.25, -0.2) is 4.79 Å². The number of likely N-dealkylation sites (tertiary alicyclic amines) is 1. The standard InChI is InChI=1S/C12H21NO7S/c1-3-5-19-12(15)13-8-11(20-21(2,16)17)7-10(13)9-18-6-4-14/h3,10-11,14H,1,4-9H2,2H3/t10-,11+/m0/s1. The number of amides is 1. The molecule has 0 unspecified atom stereocenters. The molecule has 1 fully saturated rings. The fourth-order valence-corrected chi connectivity index (χ4v) is 2.70. The Morgan fingerprint density at radius 3 is 2.81 bits per heavy atom. The van der Waals surface area contributed by atoms with E-state index in [1.54, 1.807) is 0 Å². The number of hydrogen-bond donors (Lipinski definition) is 1. The second-order valence-electron chi connectivity index (χ2n) is 4.63. The predicted octanol–water partition coefficient (Wildman–Crippen LogP) is -0.263. The third-order valence-corrected chi connectivity index (χ3v) is 3.41. The molecule has 0 aliphatic carbocycles. The van der Waals surface area contributed by atoms with Gasteiger partial charge in [-0.3, -0.25) is 4.18 Å². The van der Waals surface area contributed by atoms with Crippen molar-refractivity contribution in [1.82, 2.24) is 4.90 Å². The normalized spacial score (nSPS) is 22.3. The fraction of sp³-hybridized carbons (Fsp3) is 0.750. The molecule has 0 aromatic rings. The molecule has 0 bridgehead atoms. The van der Waals surface area contributed by atoms with Crippen LogP contribution in [0, 0.1) is 0 Å². The zero-order valence-electron chi connectivity index (χ0n) is 11.9. The fourth-order valence-electron chi connectivity index (χ4n) is 2.07. The second-order valence-corrected chi connectivity index (χ2v) is 6.23. The molecule has 1 N–H and O–H groups in total. The molecule has 1 aliphatic rings. The lowest BCUT2D eigenvalue weighted by molar-refractivity contribution is 0.0464.